The van der Waals surface area contributed by atoms with Gasteiger partial charge >= 0.3 is 7.60 Å². The lowest BCUT2D eigenvalue weighted by Crippen LogP contribution is -2.62. The van der Waals surface area contributed by atoms with E-state index in [0.29, 0.717) is 45.1 Å². The molecule has 8 heterocycles. The second-order valence-electron chi connectivity index (χ2n) is 24.6. The van der Waals surface area contributed by atoms with Gasteiger partial charge in [-0.3, -0.25) is 9.36 Å². The molecule has 20 heteroatoms. The van der Waals surface area contributed by atoms with E-state index < -0.39 is 74.5 Å². The molecular formula is C58H105O16PSi3. The highest BCUT2D eigenvalue weighted by molar-refractivity contribution is 7.52. The fraction of sp³-hybridized carbons (Fsp3) is 0.914. The predicted octanol–water partition coefficient (Wildman–Crippen LogP) is 10.9. The van der Waals surface area contributed by atoms with Crippen LogP contribution in [0.4, 0.5) is 0 Å². The molecule has 78 heavy (non-hydrogen) atoms. The van der Waals surface area contributed by atoms with Crippen LogP contribution in [0.15, 0.2) is 24.3 Å². The number of aliphatic hydroxyl groups excluding tert-OH is 1. The summed E-state index contributed by atoms with van der Waals surface area (Å²) in [7, 11) is -9.10. The van der Waals surface area contributed by atoms with Gasteiger partial charge in [0.25, 0.3) is 0 Å². The number of methoxy groups -OCH3 is 1. The second kappa shape index (κ2) is 28.1. The Morgan fingerprint density at radius 1 is 0.731 bits per heavy atom. The summed E-state index contributed by atoms with van der Waals surface area (Å²) in [6, 6.07) is 9.07. The van der Waals surface area contributed by atoms with Crippen LogP contribution in [0.1, 0.15) is 146 Å². The van der Waals surface area contributed by atoms with Crippen molar-refractivity contribution in [2.45, 2.75) is 298 Å². The lowest BCUT2D eigenvalue weighted by molar-refractivity contribution is -0.271. The summed E-state index contributed by atoms with van der Waals surface area (Å²) < 4.78 is 88.4. The van der Waals surface area contributed by atoms with E-state index in [2.05, 4.69) is 82.4 Å². The van der Waals surface area contributed by atoms with Gasteiger partial charge in [0.15, 0.2) is 30.7 Å². The van der Waals surface area contributed by atoms with E-state index in [1.165, 1.54) is 0 Å². The zero-order valence-corrected chi connectivity index (χ0v) is 53.7. The number of rotatable bonds is 34. The maximum Gasteiger partial charge on any atom is 0.332 e. The van der Waals surface area contributed by atoms with Crippen molar-refractivity contribution in [3.05, 3.63) is 24.3 Å². The number of Topliss-reactive ketones (excluding diaryl/α,β-unsaturated/α-hetero) is 1. The molecule has 0 aromatic heterocycles. The Kier molecular flexibility index (Phi) is 23.4. The average molecular weight is 1170 g/mol. The Labute approximate surface area is 472 Å². The largest absolute Gasteiger partial charge is 0.414 e. The molecule has 0 aliphatic carbocycles. The molecule has 0 amide bonds. The Morgan fingerprint density at radius 3 is 1.97 bits per heavy atom. The average Bonchev–Trinajstić information content (AvgIpc) is 4.11. The first-order valence-corrected chi connectivity index (χ1v) is 40.2. The molecule has 18 atom stereocenters. The van der Waals surface area contributed by atoms with Gasteiger partial charge in [-0.2, -0.15) is 0 Å². The van der Waals surface area contributed by atoms with Crippen LogP contribution < -0.4 is 0 Å². The molecule has 16 nitrogen and oxygen atoms in total. The van der Waals surface area contributed by atoms with Crippen molar-refractivity contribution in [1.29, 1.82) is 0 Å². The van der Waals surface area contributed by atoms with E-state index in [1.807, 2.05) is 0 Å². The van der Waals surface area contributed by atoms with Crippen molar-refractivity contribution in [1.82, 2.24) is 0 Å². The van der Waals surface area contributed by atoms with E-state index in [1.54, 1.807) is 7.11 Å². The molecule has 0 spiro atoms. The van der Waals surface area contributed by atoms with Gasteiger partial charge in [0.1, 0.15) is 42.5 Å². The van der Waals surface area contributed by atoms with Crippen LogP contribution in [0.5, 0.6) is 0 Å². The number of hydrogen-bond acceptors (Lipinski definition) is 14. The van der Waals surface area contributed by atoms with Crippen molar-refractivity contribution in [2.24, 2.45) is 11.8 Å². The van der Waals surface area contributed by atoms with Crippen LogP contribution in [0.25, 0.3) is 0 Å². The van der Waals surface area contributed by atoms with Crippen LogP contribution in [-0.4, -0.2) is 169 Å². The van der Waals surface area contributed by atoms with Gasteiger partial charge in [0.2, 0.25) is 0 Å². The number of ether oxygens (including phenoxy) is 8. The van der Waals surface area contributed by atoms with E-state index in [0.717, 1.165) is 97.6 Å². The zero-order valence-electron chi connectivity index (χ0n) is 49.8. The summed E-state index contributed by atoms with van der Waals surface area (Å²) in [4.78, 5) is 33.2. The monoisotopic (exact) mass is 1170 g/mol. The van der Waals surface area contributed by atoms with Crippen LogP contribution in [0.3, 0.4) is 0 Å². The minimum absolute atomic E-state index is 0.0384. The highest BCUT2D eigenvalue weighted by Gasteiger charge is 2.68. The molecule has 0 unspecified atom stereocenters. The number of carbonyl (C=O) groups is 1. The van der Waals surface area contributed by atoms with Gasteiger partial charge in [-0.05, 0) is 116 Å². The van der Waals surface area contributed by atoms with E-state index in [-0.39, 0.29) is 92.2 Å². The van der Waals surface area contributed by atoms with Crippen molar-refractivity contribution in [3.8, 4) is 0 Å². The summed E-state index contributed by atoms with van der Waals surface area (Å²) in [5, 5.41) is 9.85. The fourth-order valence-electron chi connectivity index (χ4n) is 14.7. The molecule has 0 radical (unpaired) electrons. The minimum Gasteiger partial charge on any atom is -0.414 e. The second-order valence-corrected chi connectivity index (χ2v) is 40.5. The molecule has 0 aromatic carbocycles. The Morgan fingerprint density at radius 2 is 1.36 bits per heavy atom. The molecule has 0 aromatic rings. The maximum absolute atomic E-state index is 13.5. The van der Waals surface area contributed by atoms with Crippen molar-refractivity contribution >= 4 is 38.3 Å². The Hall–Kier alpha value is -0.529. The first kappa shape index (κ1) is 65.0. The van der Waals surface area contributed by atoms with E-state index >= 15 is 0 Å². The SMILES string of the molecule is C=C1C[C@H](CC[C@@]23C[C@@H]4O[C@H]5[C@H](O[C@@H](CCCO)[C@H](O[Si](CC)(CC)CC)[C@H]5O2)[C@H]4O3)O[C@H]1CC[C@H]1C[C@@H](C)C(=C)[C@@H](C[C@@H]2O[C@H](C[C@@H](CO[Si](CC)(CC)CC)O[Si](CC)(CC)CC)[C@H](OC)[C@H]2CC(=O)CP(=O)(O)O)O1. The third-order valence-electron chi connectivity index (χ3n) is 20.3. The molecule has 8 aliphatic heterocycles. The lowest BCUT2D eigenvalue weighted by Gasteiger charge is -2.47. The molecule has 8 saturated heterocycles. The third-order valence-corrected chi connectivity index (χ3v) is 35.1. The molecule has 8 fully saturated rings. The smallest absolute Gasteiger partial charge is 0.332 e. The summed E-state index contributed by atoms with van der Waals surface area (Å²) in [5.41, 5.74) is 2.06. The molecule has 3 N–H and O–H groups in total. The first-order chi connectivity index (χ1) is 37.2. The number of aliphatic hydroxyl groups is 1. The van der Waals surface area contributed by atoms with Crippen LogP contribution in [0, 0.1) is 11.8 Å². The highest BCUT2D eigenvalue weighted by Crippen LogP contribution is 2.54. The van der Waals surface area contributed by atoms with Crippen LogP contribution in [-0.2, 0) is 60.5 Å². The lowest BCUT2D eigenvalue weighted by atomic mass is 9.82. The molecule has 0 saturated carbocycles. The third kappa shape index (κ3) is 14.9. The molecule has 450 valence electrons. The topological polar surface area (TPSA) is 196 Å². The number of hydrogen-bond donors (Lipinski definition) is 3. The van der Waals surface area contributed by atoms with Crippen molar-refractivity contribution < 1.29 is 75.4 Å². The van der Waals surface area contributed by atoms with E-state index in [4.69, 9.17) is 51.2 Å². The fourth-order valence-corrected chi connectivity index (χ4v) is 23.7. The standard InChI is InChI=1S/C58H105O16PSi3/c1-14-76(15-2,16-3)65-36-44(73-77(17-4,18-5)19-6)33-50-52(64-13)45(32-41(60)37-75(61,62)63)49(68-50)34-48-40(12)38(10)30-42(67-48)25-26-46-39(11)31-43(66-46)27-28-58-35-51-53(71-58)55-56(70-51)57(72-58)54(47(69-55)24-23-29-59)74-78(20-7,21-8)22-9/h38,42-57,59H,11-12,14-37H2,1-10,13H3,(H2,61,62,63)/t38-,42+,43+,44+,45+,46+,47+,48-,49+,50-,51+,52-,53+,54+,55-,56+,57-,58+/m1/s1. The Balaban J connectivity index is 1.00. The number of ketones is 1. The van der Waals surface area contributed by atoms with Gasteiger partial charge in [0, 0.05) is 51.7 Å². The van der Waals surface area contributed by atoms with Crippen molar-refractivity contribution in [2.75, 3.05) is 26.5 Å². The van der Waals surface area contributed by atoms with Crippen LogP contribution in [0.2, 0.25) is 54.4 Å². The van der Waals surface area contributed by atoms with E-state index in [9.17, 15) is 24.3 Å². The first-order valence-electron chi connectivity index (χ1n) is 30.9. The zero-order chi connectivity index (χ0) is 56.8. The quantitative estimate of drug-likeness (QED) is 0.0312. The van der Waals surface area contributed by atoms with Gasteiger partial charge in [-0.25, -0.2) is 0 Å². The summed E-state index contributed by atoms with van der Waals surface area (Å²) in [6.07, 6.45) is 2.54. The van der Waals surface area contributed by atoms with Gasteiger partial charge in [-0.15, -0.1) is 0 Å². The van der Waals surface area contributed by atoms with Gasteiger partial charge in [0.05, 0.1) is 67.6 Å². The molecule has 8 aliphatic rings. The number of carbonyl (C=O) groups excluding carboxylic acids is 1. The summed E-state index contributed by atoms with van der Waals surface area (Å²) in [6.45, 7) is 31.9. The highest BCUT2D eigenvalue weighted by atomic mass is 31.2. The predicted molar refractivity (Wildman–Crippen MR) is 309 cm³/mol. The Bertz CT molecular complexity index is 1980. The van der Waals surface area contributed by atoms with Gasteiger partial charge < -0.3 is 66.1 Å². The molecule has 8 rings (SSSR count). The maximum atomic E-state index is 13.5. The van der Waals surface area contributed by atoms with Gasteiger partial charge in [-0.1, -0.05) is 82.4 Å². The summed E-state index contributed by atoms with van der Waals surface area (Å²) in [5.74, 6) is -1.65. The van der Waals surface area contributed by atoms with Crippen molar-refractivity contribution in [3.63, 3.8) is 0 Å². The molecule has 6 bridgehead atoms. The summed E-state index contributed by atoms with van der Waals surface area (Å²) >= 11 is 0. The normalized spacial score (nSPS) is 36.5. The minimum atomic E-state index is -4.60. The van der Waals surface area contributed by atoms with Crippen LogP contribution >= 0.6 is 7.60 Å². The molecular weight excluding hydrogens is 1070 g/mol.